The average molecular weight is 391 g/mol. The van der Waals surface area contributed by atoms with E-state index in [-0.39, 0.29) is 37.1 Å². The van der Waals surface area contributed by atoms with E-state index in [9.17, 15) is 14.4 Å². The first-order valence-corrected chi connectivity index (χ1v) is 10.1. The molecule has 146 valence electrons. The number of hydrogen-bond donors (Lipinski definition) is 3. The van der Waals surface area contributed by atoms with E-state index in [0.717, 1.165) is 5.56 Å². The van der Waals surface area contributed by atoms with E-state index in [1.165, 1.54) is 11.8 Å². The van der Waals surface area contributed by atoms with Crippen LogP contribution >= 0.6 is 11.8 Å². The van der Waals surface area contributed by atoms with Gasteiger partial charge < -0.3 is 15.3 Å². The van der Waals surface area contributed by atoms with Crippen LogP contribution in [-0.4, -0.2) is 58.7 Å². The minimum absolute atomic E-state index is 0.0205. The molecule has 2 amide bonds. The highest BCUT2D eigenvalue weighted by atomic mass is 32.2. The lowest BCUT2D eigenvalue weighted by Crippen LogP contribution is -2.40. The third-order valence-corrected chi connectivity index (χ3v) is 5.31. The number of rotatable bonds is 7. The molecule has 0 saturated carbocycles. The number of thioether (sulfide) groups is 1. The fraction of sp³-hybridized carbons (Fsp3) is 0.474. The molecule has 1 saturated heterocycles. The van der Waals surface area contributed by atoms with Gasteiger partial charge >= 0.3 is 5.97 Å². The van der Waals surface area contributed by atoms with Crippen LogP contribution < -0.4 is 5.32 Å². The number of piperidine rings is 1. The second kappa shape index (κ2) is 10.1. The SMILES string of the molecule is CSC(=N)c1ccc(C(=O)NCCC(=O)N2CCC(CC(=O)O)CC2)cc1. The van der Waals surface area contributed by atoms with Crippen LogP contribution in [0.4, 0.5) is 0 Å². The van der Waals surface area contributed by atoms with Gasteiger partial charge in [0.25, 0.3) is 5.91 Å². The van der Waals surface area contributed by atoms with E-state index in [4.69, 9.17) is 10.5 Å². The Balaban J connectivity index is 1.72. The Morgan fingerprint density at radius 1 is 1.19 bits per heavy atom. The molecule has 0 unspecified atom stereocenters. The second-order valence-corrected chi connectivity index (χ2v) is 7.36. The minimum atomic E-state index is -0.791. The smallest absolute Gasteiger partial charge is 0.303 e. The Labute approximate surface area is 163 Å². The topological polar surface area (TPSA) is 111 Å². The first-order chi connectivity index (χ1) is 12.9. The van der Waals surface area contributed by atoms with E-state index in [2.05, 4.69) is 5.32 Å². The summed E-state index contributed by atoms with van der Waals surface area (Å²) in [5.41, 5.74) is 1.26. The van der Waals surface area contributed by atoms with Crippen LogP contribution in [0.5, 0.6) is 0 Å². The van der Waals surface area contributed by atoms with Crippen molar-refractivity contribution in [2.45, 2.75) is 25.7 Å². The van der Waals surface area contributed by atoms with E-state index < -0.39 is 5.97 Å². The van der Waals surface area contributed by atoms with Crippen LogP contribution in [0, 0.1) is 11.3 Å². The molecule has 8 heteroatoms. The number of carboxylic acid groups (broad SMARTS) is 1. The molecule has 0 aliphatic carbocycles. The molecular formula is C19H25N3O4S. The van der Waals surface area contributed by atoms with Gasteiger partial charge in [-0.05, 0) is 37.1 Å². The maximum atomic E-state index is 12.2. The van der Waals surface area contributed by atoms with Crippen molar-refractivity contribution in [3.8, 4) is 0 Å². The van der Waals surface area contributed by atoms with Gasteiger partial charge in [0.15, 0.2) is 0 Å². The van der Waals surface area contributed by atoms with Crippen molar-refractivity contribution in [2.24, 2.45) is 5.92 Å². The van der Waals surface area contributed by atoms with Crippen LogP contribution in [0.2, 0.25) is 0 Å². The van der Waals surface area contributed by atoms with Crippen molar-refractivity contribution < 1.29 is 19.5 Å². The number of likely N-dealkylation sites (tertiary alicyclic amines) is 1. The maximum absolute atomic E-state index is 12.2. The molecule has 1 fully saturated rings. The van der Waals surface area contributed by atoms with Crippen molar-refractivity contribution in [3.63, 3.8) is 0 Å². The number of amides is 2. The Morgan fingerprint density at radius 3 is 2.33 bits per heavy atom. The second-order valence-electron chi connectivity index (χ2n) is 6.54. The third kappa shape index (κ3) is 6.39. The minimum Gasteiger partial charge on any atom is -0.481 e. The molecule has 1 heterocycles. The number of nitrogens with one attached hydrogen (secondary N) is 2. The zero-order chi connectivity index (χ0) is 19.8. The van der Waals surface area contributed by atoms with Crippen LogP contribution in [0.3, 0.4) is 0 Å². The van der Waals surface area contributed by atoms with Gasteiger partial charge in [0.05, 0.1) is 5.04 Å². The van der Waals surface area contributed by atoms with E-state index in [1.807, 2.05) is 6.26 Å². The predicted molar refractivity (Wildman–Crippen MR) is 105 cm³/mol. The number of carbonyl (C=O) groups is 3. The lowest BCUT2D eigenvalue weighted by molar-refractivity contribution is -0.138. The monoisotopic (exact) mass is 391 g/mol. The number of carbonyl (C=O) groups excluding carboxylic acids is 2. The Morgan fingerprint density at radius 2 is 1.78 bits per heavy atom. The number of carboxylic acids is 1. The summed E-state index contributed by atoms with van der Waals surface area (Å²) in [5.74, 6) is -0.916. The molecule has 7 nitrogen and oxygen atoms in total. The number of hydrogen-bond acceptors (Lipinski definition) is 5. The van der Waals surface area contributed by atoms with Gasteiger partial charge in [-0.15, -0.1) is 11.8 Å². The molecule has 0 atom stereocenters. The quantitative estimate of drug-likeness (QED) is 0.487. The molecule has 0 aromatic heterocycles. The van der Waals surface area contributed by atoms with Gasteiger partial charge in [-0.2, -0.15) is 0 Å². The van der Waals surface area contributed by atoms with Crippen LogP contribution in [0.1, 0.15) is 41.6 Å². The van der Waals surface area contributed by atoms with Gasteiger partial charge in [-0.1, -0.05) is 12.1 Å². The fourth-order valence-electron chi connectivity index (χ4n) is 3.07. The summed E-state index contributed by atoms with van der Waals surface area (Å²) in [6.07, 6.45) is 3.63. The largest absolute Gasteiger partial charge is 0.481 e. The number of aliphatic carboxylic acids is 1. The number of benzene rings is 1. The highest BCUT2D eigenvalue weighted by molar-refractivity contribution is 8.13. The predicted octanol–water partition coefficient (Wildman–Crippen LogP) is 2.21. The van der Waals surface area contributed by atoms with Crippen molar-refractivity contribution >= 4 is 34.6 Å². The third-order valence-electron chi connectivity index (χ3n) is 4.67. The molecule has 1 aromatic carbocycles. The van der Waals surface area contributed by atoms with Crippen molar-refractivity contribution in [1.82, 2.24) is 10.2 Å². The summed E-state index contributed by atoms with van der Waals surface area (Å²) >= 11 is 1.34. The van der Waals surface area contributed by atoms with Crippen molar-refractivity contribution in [3.05, 3.63) is 35.4 Å². The zero-order valence-electron chi connectivity index (χ0n) is 15.4. The van der Waals surface area contributed by atoms with Crippen molar-refractivity contribution in [2.75, 3.05) is 25.9 Å². The standard InChI is InChI=1S/C19H25N3O4S/c1-27-18(20)14-2-4-15(5-3-14)19(26)21-9-6-16(23)22-10-7-13(8-11-22)12-17(24)25/h2-5,13,20H,6-12H2,1H3,(H,21,26)(H,24,25). The summed E-state index contributed by atoms with van der Waals surface area (Å²) in [6, 6.07) is 6.81. The summed E-state index contributed by atoms with van der Waals surface area (Å²) < 4.78 is 0. The van der Waals surface area contributed by atoms with E-state index in [1.54, 1.807) is 29.2 Å². The van der Waals surface area contributed by atoms with E-state index >= 15 is 0 Å². The molecule has 2 rings (SSSR count). The molecular weight excluding hydrogens is 366 g/mol. The average Bonchev–Trinajstić information content (AvgIpc) is 2.67. The Kier molecular flexibility index (Phi) is 7.84. The zero-order valence-corrected chi connectivity index (χ0v) is 16.2. The molecule has 0 radical (unpaired) electrons. The fourth-order valence-corrected chi connectivity index (χ4v) is 3.44. The highest BCUT2D eigenvalue weighted by Gasteiger charge is 2.24. The van der Waals surface area contributed by atoms with Gasteiger partial charge in [0, 0.05) is 43.6 Å². The normalized spacial score (nSPS) is 14.6. The summed E-state index contributed by atoms with van der Waals surface area (Å²) in [6.45, 7) is 1.41. The lowest BCUT2D eigenvalue weighted by Gasteiger charge is -2.31. The van der Waals surface area contributed by atoms with Gasteiger partial charge in [-0.25, -0.2) is 0 Å². The molecule has 3 N–H and O–H groups in total. The van der Waals surface area contributed by atoms with Gasteiger partial charge in [0.1, 0.15) is 0 Å². The molecule has 0 spiro atoms. The van der Waals surface area contributed by atoms with Crippen molar-refractivity contribution in [1.29, 1.82) is 5.41 Å². The van der Waals surface area contributed by atoms with Crippen LogP contribution in [0.15, 0.2) is 24.3 Å². The lowest BCUT2D eigenvalue weighted by atomic mass is 9.93. The van der Waals surface area contributed by atoms with Crippen LogP contribution in [-0.2, 0) is 9.59 Å². The number of nitrogens with zero attached hydrogens (tertiary/aromatic N) is 1. The maximum Gasteiger partial charge on any atom is 0.303 e. The first-order valence-electron chi connectivity index (χ1n) is 8.91. The van der Waals surface area contributed by atoms with Crippen LogP contribution in [0.25, 0.3) is 0 Å². The summed E-state index contributed by atoms with van der Waals surface area (Å²) in [7, 11) is 0. The molecule has 27 heavy (non-hydrogen) atoms. The van der Waals surface area contributed by atoms with Gasteiger partial charge in [-0.3, -0.25) is 19.8 Å². The molecule has 1 aliphatic heterocycles. The summed E-state index contributed by atoms with van der Waals surface area (Å²) in [4.78, 5) is 36.9. The molecule has 1 aliphatic rings. The Hall–Kier alpha value is -2.35. The Bertz CT molecular complexity index is 697. The van der Waals surface area contributed by atoms with E-state index in [0.29, 0.717) is 36.5 Å². The molecule has 0 bridgehead atoms. The van der Waals surface area contributed by atoms with Gasteiger partial charge in [0.2, 0.25) is 5.91 Å². The molecule has 1 aromatic rings. The summed E-state index contributed by atoms with van der Waals surface area (Å²) in [5, 5.41) is 19.8. The first kappa shape index (κ1) is 21.0. The highest BCUT2D eigenvalue weighted by Crippen LogP contribution is 2.20.